The standard InChI is InChI=1S/C40H45ClIN10O4S/c1-25-5-3-8-30(41)35(25)48-37(55)31-23-43-39(57-31)46-32-22-33(45-26(2)44-32)50-17-19-52(20-18-50)42-38(56)51-16-13-40(24-51)11-14-49(15-12-40)28-7-4-6-27(21-28)29-9-10-34(53)47-36(29)54/h3-8,21-23,29H,9-20,24H2,1-2H3,(H,48,55)(H,47,53,54)(H,43,44,45,46)/q-1. The molecule has 0 radical (unpaired) electrons. The molecule has 4 aliphatic rings. The number of nitrogens with one attached hydrogen (secondary N) is 3. The van der Waals surface area contributed by atoms with Gasteiger partial charge in [-0.2, -0.15) is 0 Å². The van der Waals surface area contributed by atoms with Crippen molar-refractivity contribution in [2.24, 2.45) is 5.41 Å². The number of likely N-dealkylation sites (tertiary alicyclic amines) is 1. The molecule has 1 atom stereocenters. The summed E-state index contributed by atoms with van der Waals surface area (Å²) in [6, 6.07) is 15.6. The number of carbonyl (C=O) groups is 4. The fourth-order valence-corrected chi connectivity index (χ4v) is 11.3. The van der Waals surface area contributed by atoms with Crippen LogP contribution in [0.3, 0.4) is 0 Å². The summed E-state index contributed by atoms with van der Waals surface area (Å²) < 4.78 is 2.65. The third kappa shape index (κ3) is 9.03. The Labute approximate surface area is 351 Å². The Morgan fingerprint density at radius 3 is 2.49 bits per heavy atom. The Morgan fingerprint density at radius 1 is 0.947 bits per heavy atom. The number of hydrogen-bond acceptors (Lipinski definition) is 12. The molecule has 3 N–H and O–H groups in total. The molecule has 1 unspecified atom stereocenters. The predicted octanol–water partition coefficient (Wildman–Crippen LogP) is 2.96. The van der Waals surface area contributed by atoms with Crippen LogP contribution in [0, 0.1) is 19.3 Å². The molecule has 17 heteroatoms. The van der Waals surface area contributed by atoms with Gasteiger partial charge in [0, 0.05) is 6.42 Å². The molecule has 14 nitrogen and oxygen atoms in total. The number of amides is 4. The second kappa shape index (κ2) is 16.8. The number of carbonyl (C=O) groups excluding carboxylic acids is 4. The van der Waals surface area contributed by atoms with Crippen LogP contribution in [0.25, 0.3) is 0 Å². The van der Waals surface area contributed by atoms with E-state index >= 15 is 0 Å². The number of piperidine rings is 2. The number of piperazine rings is 1. The second-order valence-electron chi connectivity index (χ2n) is 15.2. The quantitative estimate of drug-likeness (QED) is 0.0747. The van der Waals surface area contributed by atoms with Crippen LogP contribution in [0.4, 0.5) is 32.9 Å². The van der Waals surface area contributed by atoms with Gasteiger partial charge in [0.05, 0.1) is 10.7 Å². The molecule has 4 fully saturated rings. The Balaban J connectivity index is 0.801. The van der Waals surface area contributed by atoms with Crippen molar-refractivity contribution in [2.75, 3.05) is 72.8 Å². The third-order valence-corrected chi connectivity index (χ3v) is 15.3. The van der Waals surface area contributed by atoms with Gasteiger partial charge in [0.25, 0.3) is 0 Å². The summed E-state index contributed by atoms with van der Waals surface area (Å²) in [7, 11) is 0. The summed E-state index contributed by atoms with van der Waals surface area (Å²) in [5.41, 5.74) is 3.70. The number of benzene rings is 2. The number of thiazole rings is 1. The molecule has 2 aromatic heterocycles. The van der Waals surface area contributed by atoms with Gasteiger partial charge >= 0.3 is 263 Å². The molecule has 1 spiro atoms. The maximum absolute atomic E-state index is 13.6. The molecule has 2 aromatic carbocycles. The monoisotopic (exact) mass is 923 g/mol. The van der Waals surface area contributed by atoms with Gasteiger partial charge in [0.15, 0.2) is 0 Å². The molecule has 4 aromatic rings. The Kier molecular flexibility index (Phi) is 11.6. The molecule has 6 heterocycles. The zero-order chi connectivity index (χ0) is 39.7. The van der Waals surface area contributed by atoms with Gasteiger partial charge in [-0.05, 0) is 18.6 Å². The molecular weight excluding hydrogens is 879 g/mol. The van der Waals surface area contributed by atoms with Crippen molar-refractivity contribution in [3.63, 3.8) is 0 Å². The van der Waals surface area contributed by atoms with E-state index in [-0.39, 0.29) is 29.1 Å². The van der Waals surface area contributed by atoms with E-state index in [2.05, 4.69) is 55.9 Å². The van der Waals surface area contributed by atoms with E-state index in [1.807, 2.05) is 44.2 Å². The molecule has 300 valence electrons. The number of rotatable bonds is 9. The van der Waals surface area contributed by atoms with Gasteiger partial charge in [-0.25, -0.2) is 0 Å². The minimum atomic E-state index is -0.797. The average molecular weight is 924 g/mol. The number of anilines is 5. The van der Waals surface area contributed by atoms with E-state index in [1.54, 1.807) is 6.07 Å². The molecule has 57 heavy (non-hydrogen) atoms. The first-order valence-electron chi connectivity index (χ1n) is 19.3. The zero-order valence-electron chi connectivity index (χ0n) is 31.9. The SMILES string of the molecule is Cc1nc(Nc2ncc(C(=O)Nc3c(C)cccc3Cl)s2)cc(N2CCN([I-]C(=O)N3CCC4(CCN(c5cccc(C6CCC(=O)NC6=O)c5)CC4)C3)CC2)n1. The van der Waals surface area contributed by atoms with Crippen LogP contribution in [0.2, 0.25) is 5.02 Å². The molecule has 8 rings (SSSR count). The minimum absolute atomic E-state index is 0.161. The van der Waals surface area contributed by atoms with Crippen molar-refractivity contribution in [3.8, 4) is 0 Å². The van der Waals surface area contributed by atoms with E-state index < -0.39 is 21.5 Å². The Bertz CT molecular complexity index is 2170. The fraction of sp³-hybridized carbons (Fsp3) is 0.425. The van der Waals surface area contributed by atoms with E-state index in [9.17, 15) is 19.2 Å². The first-order chi connectivity index (χ1) is 27.5. The summed E-state index contributed by atoms with van der Waals surface area (Å²) in [6.45, 7) is 10.4. The fourth-order valence-electron chi connectivity index (χ4n) is 8.12. The van der Waals surface area contributed by atoms with Gasteiger partial charge in [0.1, 0.15) is 0 Å². The number of hydrogen-bond donors (Lipinski definition) is 3. The number of halogens is 2. The summed E-state index contributed by atoms with van der Waals surface area (Å²) in [6.07, 6.45) is 5.57. The Hall–Kier alpha value is -4.39. The number of aryl methyl sites for hydroxylation is 2. The first-order valence-corrected chi connectivity index (χ1v) is 22.5. The average Bonchev–Trinajstić information content (AvgIpc) is 3.84. The van der Waals surface area contributed by atoms with Crippen LogP contribution in [-0.4, -0.2) is 97.0 Å². The van der Waals surface area contributed by atoms with Gasteiger partial charge in [-0.3, -0.25) is 19.7 Å². The molecule has 0 aliphatic carbocycles. The van der Waals surface area contributed by atoms with Crippen LogP contribution in [-0.2, 0) is 9.59 Å². The molecule has 4 saturated heterocycles. The number of para-hydroxylation sites is 1. The van der Waals surface area contributed by atoms with Gasteiger partial charge in [-0.1, -0.05) is 23.7 Å². The zero-order valence-corrected chi connectivity index (χ0v) is 35.6. The van der Waals surface area contributed by atoms with Crippen molar-refractivity contribution in [1.82, 2.24) is 28.3 Å². The predicted molar refractivity (Wildman–Crippen MR) is 217 cm³/mol. The summed E-state index contributed by atoms with van der Waals surface area (Å²) in [5, 5.41) is 9.64. The number of nitrogens with zero attached hydrogens (tertiary/aromatic N) is 7. The van der Waals surface area contributed by atoms with Crippen molar-refractivity contribution in [3.05, 3.63) is 81.6 Å². The molecule has 0 saturated carbocycles. The van der Waals surface area contributed by atoms with Crippen LogP contribution in [0.15, 0.2) is 54.7 Å². The van der Waals surface area contributed by atoms with Crippen LogP contribution in [0.1, 0.15) is 64.6 Å². The first kappa shape index (κ1) is 39.4. The molecule has 4 aliphatic heterocycles. The maximum atomic E-state index is 13.6. The summed E-state index contributed by atoms with van der Waals surface area (Å²) in [5.74, 6) is 1.06. The Morgan fingerprint density at radius 2 is 1.72 bits per heavy atom. The van der Waals surface area contributed by atoms with Crippen molar-refractivity contribution >= 4 is 72.7 Å². The normalized spacial score (nSPS) is 19.9. The molecule has 4 amide bonds. The van der Waals surface area contributed by atoms with E-state index in [4.69, 9.17) is 16.6 Å². The third-order valence-electron chi connectivity index (χ3n) is 11.4. The van der Waals surface area contributed by atoms with E-state index in [1.165, 1.54) is 17.5 Å². The van der Waals surface area contributed by atoms with Crippen molar-refractivity contribution in [1.29, 1.82) is 0 Å². The molecule has 0 bridgehead atoms. The van der Waals surface area contributed by atoms with Gasteiger partial charge in [-0.15, -0.1) is 0 Å². The van der Waals surface area contributed by atoms with Gasteiger partial charge < -0.3 is 5.32 Å². The number of imide groups is 1. The van der Waals surface area contributed by atoms with E-state index in [0.717, 1.165) is 94.3 Å². The topological polar surface area (TPSA) is 156 Å². The second-order valence-corrected chi connectivity index (χ2v) is 19.4. The van der Waals surface area contributed by atoms with Crippen LogP contribution >= 0.6 is 22.9 Å². The molecular formula is C40H45ClIN10O4S-. The van der Waals surface area contributed by atoms with Crippen LogP contribution in [0.5, 0.6) is 0 Å². The van der Waals surface area contributed by atoms with Crippen molar-refractivity contribution in [2.45, 2.75) is 51.9 Å². The summed E-state index contributed by atoms with van der Waals surface area (Å²) >= 11 is 6.74. The summed E-state index contributed by atoms with van der Waals surface area (Å²) in [4.78, 5) is 71.6. The van der Waals surface area contributed by atoms with Crippen LogP contribution < -0.4 is 47.2 Å². The van der Waals surface area contributed by atoms with Crippen molar-refractivity contribution < 1.29 is 40.7 Å². The van der Waals surface area contributed by atoms with Gasteiger partial charge in [0.2, 0.25) is 5.91 Å². The van der Waals surface area contributed by atoms with E-state index in [0.29, 0.717) is 49.1 Å². The number of aromatic nitrogens is 3.